The van der Waals surface area contributed by atoms with Crippen LogP contribution in [-0.4, -0.2) is 38.0 Å². The summed E-state index contributed by atoms with van der Waals surface area (Å²) in [7, 11) is -2.74. The van der Waals surface area contributed by atoms with E-state index in [0.717, 1.165) is 38.5 Å². The summed E-state index contributed by atoms with van der Waals surface area (Å²) >= 11 is 1.10. The van der Waals surface area contributed by atoms with Crippen LogP contribution in [0.4, 0.5) is 5.69 Å². The zero-order valence-corrected chi connectivity index (χ0v) is 20.3. The molecule has 4 rings (SSSR count). The number of hydrogen-bond acceptors (Lipinski definition) is 7. The van der Waals surface area contributed by atoms with Gasteiger partial charge in [0.25, 0.3) is 10.0 Å². The SMILES string of the molecule is COC(=O)c1c(S(=O)(=O)Nc2cc(C)cc(C)c2)sc2c1CCN(Cc1ccccc1O)C2. The van der Waals surface area contributed by atoms with Crippen molar-refractivity contribution in [3.8, 4) is 5.75 Å². The van der Waals surface area contributed by atoms with Gasteiger partial charge in [0.1, 0.15) is 5.75 Å². The number of fused-ring (bicyclic) bond motifs is 1. The highest BCUT2D eigenvalue weighted by molar-refractivity contribution is 7.94. The number of aryl methyl sites for hydroxylation is 2. The number of para-hydroxylation sites is 1. The molecule has 0 fully saturated rings. The highest BCUT2D eigenvalue weighted by atomic mass is 32.2. The van der Waals surface area contributed by atoms with Crippen LogP contribution in [-0.2, 0) is 34.3 Å². The Hall–Kier alpha value is -2.88. The fourth-order valence-corrected chi connectivity index (χ4v) is 7.15. The van der Waals surface area contributed by atoms with Crippen LogP contribution < -0.4 is 4.72 Å². The minimum Gasteiger partial charge on any atom is -0.508 e. The molecule has 0 saturated carbocycles. The lowest BCUT2D eigenvalue weighted by Gasteiger charge is -2.27. The molecule has 0 aliphatic carbocycles. The molecule has 1 aliphatic rings. The number of hydrogen-bond donors (Lipinski definition) is 2. The molecule has 33 heavy (non-hydrogen) atoms. The lowest BCUT2D eigenvalue weighted by molar-refractivity contribution is 0.0595. The number of sulfonamides is 1. The lowest BCUT2D eigenvalue weighted by Crippen LogP contribution is -2.30. The van der Waals surface area contributed by atoms with E-state index in [-0.39, 0.29) is 15.5 Å². The first kappa shape index (κ1) is 23.3. The average molecular weight is 487 g/mol. The number of phenols is 1. The van der Waals surface area contributed by atoms with Crippen molar-refractivity contribution in [3.63, 3.8) is 0 Å². The van der Waals surface area contributed by atoms with Crippen LogP contribution in [0.15, 0.2) is 46.7 Å². The molecule has 7 nitrogen and oxygen atoms in total. The van der Waals surface area contributed by atoms with Gasteiger partial charge in [0, 0.05) is 35.8 Å². The van der Waals surface area contributed by atoms with Gasteiger partial charge in [-0.05, 0) is 55.2 Å². The first-order chi connectivity index (χ1) is 15.7. The quantitative estimate of drug-likeness (QED) is 0.507. The van der Waals surface area contributed by atoms with Gasteiger partial charge in [0.15, 0.2) is 4.21 Å². The van der Waals surface area contributed by atoms with Crippen molar-refractivity contribution in [1.82, 2.24) is 4.90 Å². The second-order valence-electron chi connectivity index (χ2n) is 8.23. The minimum absolute atomic E-state index is 0.0251. The number of aromatic hydroxyl groups is 1. The normalized spacial score (nSPS) is 14.0. The summed E-state index contributed by atoms with van der Waals surface area (Å²) in [5.41, 5.74) is 3.97. The van der Waals surface area contributed by atoms with E-state index in [1.54, 1.807) is 24.3 Å². The maximum absolute atomic E-state index is 13.3. The van der Waals surface area contributed by atoms with Gasteiger partial charge in [-0.25, -0.2) is 13.2 Å². The monoisotopic (exact) mass is 486 g/mol. The van der Waals surface area contributed by atoms with Gasteiger partial charge in [0.2, 0.25) is 0 Å². The highest BCUT2D eigenvalue weighted by Crippen LogP contribution is 2.38. The number of carbonyl (C=O) groups excluding carboxylic acids is 1. The van der Waals surface area contributed by atoms with Gasteiger partial charge >= 0.3 is 5.97 Å². The van der Waals surface area contributed by atoms with E-state index in [9.17, 15) is 18.3 Å². The van der Waals surface area contributed by atoms with Gasteiger partial charge in [-0.15, -0.1) is 11.3 Å². The Kier molecular flexibility index (Phi) is 6.47. The molecule has 0 bridgehead atoms. The maximum Gasteiger partial charge on any atom is 0.340 e. The number of carbonyl (C=O) groups is 1. The molecular formula is C24H26N2O5S2. The van der Waals surface area contributed by atoms with E-state index in [2.05, 4.69) is 9.62 Å². The second kappa shape index (κ2) is 9.17. The molecule has 0 spiro atoms. The molecule has 1 aliphatic heterocycles. The molecule has 2 aromatic carbocycles. The third kappa shape index (κ3) is 4.90. The topological polar surface area (TPSA) is 95.9 Å². The highest BCUT2D eigenvalue weighted by Gasteiger charge is 2.34. The summed E-state index contributed by atoms with van der Waals surface area (Å²) in [4.78, 5) is 15.6. The van der Waals surface area contributed by atoms with Crippen LogP contribution in [0.1, 0.15) is 37.5 Å². The Bertz CT molecular complexity index is 1290. The molecule has 2 N–H and O–H groups in total. The van der Waals surface area contributed by atoms with Crippen molar-refractivity contribution >= 4 is 33.0 Å². The Labute approximate surface area is 197 Å². The molecule has 0 amide bonds. The summed E-state index contributed by atoms with van der Waals surface area (Å²) in [6.07, 6.45) is 0.517. The summed E-state index contributed by atoms with van der Waals surface area (Å²) in [5.74, 6) is -0.423. The molecule has 9 heteroatoms. The molecular weight excluding hydrogens is 460 g/mol. The molecule has 3 aromatic rings. The predicted molar refractivity (Wildman–Crippen MR) is 128 cm³/mol. The number of benzene rings is 2. The molecule has 2 heterocycles. The summed E-state index contributed by atoms with van der Waals surface area (Å²) < 4.78 is 34.2. The zero-order chi connectivity index (χ0) is 23.8. The van der Waals surface area contributed by atoms with Crippen LogP contribution in [0.3, 0.4) is 0 Å². The van der Waals surface area contributed by atoms with Crippen molar-refractivity contribution in [1.29, 1.82) is 0 Å². The standard InChI is InChI=1S/C24H26N2O5S2/c1-15-10-16(2)12-18(11-15)25-33(29,30)24-22(23(28)31-3)19-8-9-26(14-21(19)32-24)13-17-6-4-5-7-20(17)27/h4-7,10-12,25,27H,8-9,13-14H2,1-3H3. The number of thiophene rings is 1. The molecule has 0 radical (unpaired) electrons. The maximum atomic E-state index is 13.3. The van der Waals surface area contributed by atoms with E-state index in [0.29, 0.717) is 31.7 Å². The fourth-order valence-electron chi connectivity index (χ4n) is 4.18. The van der Waals surface area contributed by atoms with E-state index in [4.69, 9.17) is 4.74 Å². The largest absolute Gasteiger partial charge is 0.508 e. The number of nitrogens with one attached hydrogen (secondary N) is 1. The number of phenolic OH excluding ortho intramolecular Hbond substituents is 1. The van der Waals surface area contributed by atoms with Crippen molar-refractivity contribution < 1.29 is 23.1 Å². The van der Waals surface area contributed by atoms with Crippen molar-refractivity contribution in [2.75, 3.05) is 18.4 Å². The van der Waals surface area contributed by atoms with E-state index < -0.39 is 16.0 Å². The van der Waals surface area contributed by atoms with Gasteiger partial charge < -0.3 is 9.84 Å². The Balaban J connectivity index is 1.68. The van der Waals surface area contributed by atoms with E-state index >= 15 is 0 Å². The van der Waals surface area contributed by atoms with Crippen molar-refractivity contribution in [2.45, 2.75) is 37.6 Å². The third-order valence-corrected chi connectivity index (χ3v) is 8.71. The number of rotatable bonds is 6. The first-order valence-electron chi connectivity index (χ1n) is 10.5. The molecule has 174 valence electrons. The third-order valence-electron chi connectivity index (χ3n) is 5.60. The van der Waals surface area contributed by atoms with Crippen LogP contribution >= 0.6 is 11.3 Å². The van der Waals surface area contributed by atoms with Gasteiger partial charge in [-0.2, -0.15) is 0 Å². The fraction of sp³-hybridized carbons (Fsp3) is 0.292. The van der Waals surface area contributed by atoms with Crippen LogP contribution in [0, 0.1) is 13.8 Å². The molecule has 1 aromatic heterocycles. The minimum atomic E-state index is -4.00. The first-order valence-corrected chi connectivity index (χ1v) is 12.8. The van der Waals surface area contributed by atoms with Gasteiger partial charge in [-0.1, -0.05) is 24.3 Å². The number of methoxy groups -OCH3 is 1. The zero-order valence-electron chi connectivity index (χ0n) is 18.7. The Morgan fingerprint density at radius 3 is 2.55 bits per heavy atom. The Morgan fingerprint density at radius 2 is 1.88 bits per heavy atom. The van der Waals surface area contributed by atoms with Crippen molar-refractivity contribution in [2.24, 2.45) is 0 Å². The van der Waals surface area contributed by atoms with Gasteiger partial charge in [0.05, 0.1) is 12.7 Å². The number of esters is 1. The lowest BCUT2D eigenvalue weighted by atomic mass is 10.0. The van der Waals surface area contributed by atoms with E-state index in [1.165, 1.54) is 7.11 Å². The number of anilines is 1. The van der Waals surface area contributed by atoms with Crippen LogP contribution in [0.5, 0.6) is 5.75 Å². The molecule has 0 atom stereocenters. The molecule has 0 saturated heterocycles. The number of nitrogens with zero attached hydrogens (tertiary/aromatic N) is 1. The van der Waals surface area contributed by atoms with Crippen LogP contribution in [0.25, 0.3) is 0 Å². The summed E-state index contributed by atoms with van der Waals surface area (Å²) in [5, 5.41) is 10.1. The van der Waals surface area contributed by atoms with Crippen LogP contribution in [0.2, 0.25) is 0 Å². The van der Waals surface area contributed by atoms with Crippen molar-refractivity contribution in [3.05, 3.63) is 75.2 Å². The van der Waals surface area contributed by atoms with Gasteiger partial charge in [-0.3, -0.25) is 9.62 Å². The summed E-state index contributed by atoms with van der Waals surface area (Å²) in [6.45, 7) is 5.44. The summed E-state index contributed by atoms with van der Waals surface area (Å²) in [6, 6.07) is 12.6. The average Bonchev–Trinajstić information content (AvgIpc) is 3.13. The van der Waals surface area contributed by atoms with E-state index in [1.807, 2.05) is 32.0 Å². The molecule has 0 unspecified atom stereocenters. The Morgan fingerprint density at radius 1 is 1.18 bits per heavy atom. The predicted octanol–water partition coefficient (Wildman–Crippen LogP) is 4.22. The number of ether oxygens (including phenoxy) is 1. The second-order valence-corrected chi connectivity index (χ2v) is 11.2. The smallest absolute Gasteiger partial charge is 0.340 e.